The molecular formula is C21H20N2O5. The summed E-state index contributed by atoms with van der Waals surface area (Å²) in [6.07, 6.45) is 0.0553. The molecule has 0 aliphatic carbocycles. The topological polar surface area (TPSA) is 92.8 Å². The maximum atomic E-state index is 12.3. The van der Waals surface area contributed by atoms with Crippen LogP contribution in [0.15, 0.2) is 42.5 Å². The fourth-order valence-electron chi connectivity index (χ4n) is 2.92. The Hall–Kier alpha value is -3.48. The monoisotopic (exact) mass is 380 g/mol. The molecule has 0 aromatic heterocycles. The molecular weight excluding hydrogens is 360 g/mol. The maximum Gasteiger partial charge on any atom is 0.265 e. The van der Waals surface area contributed by atoms with Crippen molar-refractivity contribution in [3.05, 3.63) is 53.6 Å². The molecule has 0 atom stereocenters. The zero-order chi connectivity index (χ0) is 20.3. The number of ketones is 2. The van der Waals surface area contributed by atoms with Gasteiger partial charge in [0.2, 0.25) is 5.91 Å². The zero-order valence-corrected chi connectivity index (χ0v) is 15.7. The van der Waals surface area contributed by atoms with Crippen LogP contribution in [0.5, 0.6) is 5.75 Å². The molecule has 0 unspecified atom stereocenters. The summed E-state index contributed by atoms with van der Waals surface area (Å²) < 4.78 is 5.40. The van der Waals surface area contributed by atoms with E-state index in [2.05, 4.69) is 5.32 Å². The Morgan fingerprint density at radius 2 is 1.75 bits per heavy atom. The standard InChI is InChI=1S/C21H20N2O5/c1-13(24)15-4-3-5-17(10-15)22-20(26)8-9-23-18-11-16(14(2)25)6-7-19(18)28-12-21(23)27/h3-7,10-11H,8-9,12H2,1-2H3,(H,22,26). The summed E-state index contributed by atoms with van der Waals surface area (Å²) in [6, 6.07) is 11.6. The number of benzene rings is 2. The third-order valence-corrected chi connectivity index (χ3v) is 4.42. The average molecular weight is 380 g/mol. The van der Waals surface area contributed by atoms with Crippen LogP contribution in [0, 0.1) is 0 Å². The molecule has 7 heteroatoms. The number of carbonyl (C=O) groups is 4. The van der Waals surface area contributed by atoms with Crippen molar-refractivity contribution < 1.29 is 23.9 Å². The first kappa shape index (κ1) is 19.3. The molecule has 0 bridgehead atoms. The molecule has 0 fully saturated rings. The van der Waals surface area contributed by atoms with Gasteiger partial charge in [0.1, 0.15) is 5.75 Å². The largest absolute Gasteiger partial charge is 0.482 e. The first-order valence-electron chi connectivity index (χ1n) is 8.84. The van der Waals surface area contributed by atoms with E-state index in [4.69, 9.17) is 4.74 Å². The van der Waals surface area contributed by atoms with Crippen LogP contribution in [0.3, 0.4) is 0 Å². The molecule has 2 aromatic rings. The molecule has 0 saturated carbocycles. The van der Waals surface area contributed by atoms with Crippen molar-refractivity contribution >= 4 is 34.8 Å². The Bertz CT molecular complexity index is 967. The van der Waals surface area contributed by atoms with Crippen LogP contribution < -0.4 is 15.0 Å². The number of amides is 2. The minimum Gasteiger partial charge on any atom is -0.482 e. The van der Waals surface area contributed by atoms with Crippen LogP contribution >= 0.6 is 0 Å². The van der Waals surface area contributed by atoms with Gasteiger partial charge < -0.3 is 15.0 Å². The zero-order valence-electron chi connectivity index (χ0n) is 15.7. The minimum absolute atomic E-state index is 0.0553. The normalized spacial score (nSPS) is 12.8. The molecule has 1 aliphatic rings. The number of fused-ring (bicyclic) bond motifs is 1. The Morgan fingerprint density at radius 1 is 1.04 bits per heavy atom. The smallest absolute Gasteiger partial charge is 0.265 e. The summed E-state index contributed by atoms with van der Waals surface area (Å²) in [5.41, 5.74) is 1.97. The van der Waals surface area contributed by atoms with Gasteiger partial charge in [0.05, 0.1) is 5.69 Å². The molecule has 0 radical (unpaired) electrons. The Kier molecular flexibility index (Phi) is 5.54. The Balaban J connectivity index is 1.70. The van der Waals surface area contributed by atoms with Crippen molar-refractivity contribution in [3.8, 4) is 5.75 Å². The van der Waals surface area contributed by atoms with Gasteiger partial charge >= 0.3 is 0 Å². The van der Waals surface area contributed by atoms with Crippen molar-refractivity contribution in [1.29, 1.82) is 0 Å². The average Bonchev–Trinajstić information content (AvgIpc) is 2.66. The molecule has 2 aromatic carbocycles. The van der Waals surface area contributed by atoms with Crippen LogP contribution in [0.1, 0.15) is 41.0 Å². The predicted molar refractivity (Wildman–Crippen MR) is 104 cm³/mol. The van der Waals surface area contributed by atoms with Gasteiger partial charge in [0.25, 0.3) is 5.91 Å². The first-order chi connectivity index (χ1) is 13.3. The molecule has 1 N–H and O–H groups in total. The van der Waals surface area contributed by atoms with E-state index in [0.717, 1.165) is 0 Å². The third-order valence-electron chi connectivity index (χ3n) is 4.42. The van der Waals surface area contributed by atoms with Gasteiger partial charge in [0.15, 0.2) is 18.2 Å². The molecule has 7 nitrogen and oxygen atoms in total. The molecule has 1 aliphatic heterocycles. The van der Waals surface area contributed by atoms with E-state index in [0.29, 0.717) is 28.3 Å². The number of hydrogen-bond donors (Lipinski definition) is 1. The molecule has 3 rings (SSSR count). The second-order valence-corrected chi connectivity index (χ2v) is 6.51. The van der Waals surface area contributed by atoms with Gasteiger partial charge in [-0.1, -0.05) is 12.1 Å². The lowest BCUT2D eigenvalue weighted by Gasteiger charge is -2.29. The number of nitrogens with zero attached hydrogens (tertiary/aromatic N) is 1. The van der Waals surface area contributed by atoms with E-state index in [1.807, 2.05) is 0 Å². The van der Waals surface area contributed by atoms with Crippen molar-refractivity contribution in [3.63, 3.8) is 0 Å². The number of nitrogens with one attached hydrogen (secondary N) is 1. The number of hydrogen-bond acceptors (Lipinski definition) is 5. The van der Waals surface area contributed by atoms with Gasteiger partial charge in [0, 0.05) is 29.8 Å². The van der Waals surface area contributed by atoms with Crippen molar-refractivity contribution in [2.45, 2.75) is 20.3 Å². The fourth-order valence-corrected chi connectivity index (χ4v) is 2.92. The van der Waals surface area contributed by atoms with Crippen molar-refractivity contribution in [2.75, 3.05) is 23.4 Å². The van der Waals surface area contributed by atoms with E-state index in [9.17, 15) is 19.2 Å². The fraction of sp³-hybridized carbons (Fsp3) is 0.238. The lowest BCUT2D eigenvalue weighted by Crippen LogP contribution is -2.40. The van der Waals surface area contributed by atoms with E-state index in [1.165, 1.54) is 18.7 Å². The maximum absolute atomic E-state index is 12.3. The van der Waals surface area contributed by atoms with Gasteiger partial charge in [-0.2, -0.15) is 0 Å². The van der Waals surface area contributed by atoms with Gasteiger partial charge in [-0.25, -0.2) is 0 Å². The van der Waals surface area contributed by atoms with Crippen LogP contribution in [-0.2, 0) is 9.59 Å². The summed E-state index contributed by atoms with van der Waals surface area (Å²) in [5.74, 6) is -0.278. The van der Waals surface area contributed by atoms with Gasteiger partial charge in [-0.05, 0) is 44.2 Å². The minimum atomic E-state index is -0.288. The quantitative estimate of drug-likeness (QED) is 0.778. The van der Waals surface area contributed by atoms with Crippen molar-refractivity contribution in [2.24, 2.45) is 0 Å². The molecule has 0 spiro atoms. The third kappa shape index (κ3) is 4.25. The number of Topliss-reactive ketones (excluding diaryl/α,β-unsaturated/α-hetero) is 2. The van der Waals surface area contributed by atoms with E-state index in [-0.39, 0.29) is 43.0 Å². The second kappa shape index (κ2) is 8.04. The van der Waals surface area contributed by atoms with E-state index >= 15 is 0 Å². The number of rotatable bonds is 6. The highest BCUT2D eigenvalue weighted by Gasteiger charge is 2.26. The van der Waals surface area contributed by atoms with Crippen molar-refractivity contribution in [1.82, 2.24) is 0 Å². The van der Waals surface area contributed by atoms with Crippen LogP contribution in [-0.4, -0.2) is 36.5 Å². The number of carbonyl (C=O) groups excluding carboxylic acids is 4. The lowest BCUT2D eigenvalue weighted by molar-refractivity contribution is -0.121. The molecule has 0 saturated heterocycles. The Morgan fingerprint density at radius 3 is 2.46 bits per heavy atom. The predicted octanol–water partition coefficient (Wildman–Crippen LogP) is 2.85. The van der Waals surface area contributed by atoms with Crippen LogP contribution in [0.25, 0.3) is 0 Å². The number of ether oxygens (including phenoxy) is 1. The molecule has 1 heterocycles. The molecule has 2 amide bonds. The summed E-state index contributed by atoms with van der Waals surface area (Å²) in [6.45, 7) is 2.93. The Labute approximate surface area is 162 Å². The SMILES string of the molecule is CC(=O)c1cccc(NC(=O)CCN2C(=O)COc3ccc(C(C)=O)cc32)c1. The lowest BCUT2D eigenvalue weighted by atomic mass is 10.1. The summed E-state index contributed by atoms with van der Waals surface area (Å²) in [5, 5.41) is 2.73. The summed E-state index contributed by atoms with van der Waals surface area (Å²) in [4.78, 5) is 49.1. The van der Waals surface area contributed by atoms with E-state index in [1.54, 1.807) is 42.5 Å². The van der Waals surface area contributed by atoms with E-state index < -0.39 is 0 Å². The molecule has 144 valence electrons. The van der Waals surface area contributed by atoms with Crippen LogP contribution in [0.4, 0.5) is 11.4 Å². The molecule has 28 heavy (non-hydrogen) atoms. The highest BCUT2D eigenvalue weighted by molar-refractivity contribution is 6.02. The highest BCUT2D eigenvalue weighted by Crippen LogP contribution is 2.33. The van der Waals surface area contributed by atoms with Gasteiger partial charge in [-0.15, -0.1) is 0 Å². The van der Waals surface area contributed by atoms with Gasteiger partial charge in [-0.3, -0.25) is 19.2 Å². The summed E-state index contributed by atoms with van der Waals surface area (Å²) in [7, 11) is 0. The summed E-state index contributed by atoms with van der Waals surface area (Å²) >= 11 is 0. The second-order valence-electron chi connectivity index (χ2n) is 6.51. The highest BCUT2D eigenvalue weighted by atomic mass is 16.5. The number of anilines is 2. The first-order valence-corrected chi connectivity index (χ1v) is 8.84. The van der Waals surface area contributed by atoms with Crippen LogP contribution in [0.2, 0.25) is 0 Å².